The summed E-state index contributed by atoms with van der Waals surface area (Å²) >= 11 is 1.74. The summed E-state index contributed by atoms with van der Waals surface area (Å²) in [6, 6.07) is 6.77. The molecule has 4 aliphatic rings. The average molecular weight is 269 g/mol. The Kier molecular flexibility index (Phi) is 2.60. The molecule has 0 saturated heterocycles. The van der Waals surface area contributed by atoms with Crippen LogP contribution in [0.3, 0.4) is 0 Å². The number of hydrogen-bond acceptors (Lipinski definition) is 2. The predicted molar refractivity (Wildman–Crippen MR) is 78.5 cm³/mol. The van der Waals surface area contributed by atoms with E-state index in [9.17, 15) is 5.26 Å². The van der Waals surface area contributed by atoms with Gasteiger partial charge in [-0.2, -0.15) is 5.26 Å². The minimum atomic E-state index is 0.244. The van der Waals surface area contributed by atoms with E-state index in [4.69, 9.17) is 0 Å². The Morgan fingerprint density at radius 3 is 2.32 bits per heavy atom. The van der Waals surface area contributed by atoms with Crippen LogP contribution in [0.5, 0.6) is 0 Å². The Morgan fingerprint density at radius 2 is 1.84 bits per heavy atom. The van der Waals surface area contributed by atoms with Gasteiger partial charge in [-0.15, -0.1) is 11.3 Å². The largest absolute Gasteiger partial charge is 0.193 e. The lowest BCUT2D eigenvalue weighted by Crippen LogP contribution is -2.46. The van der Waals surface area contributed by atoms with Crippen molar-refractivity contribution in [2.75, 3.05) is 0 Å². The van der Waals surface area contributed by atoms with Crippen LogP contribution in [0.25, 0.3) is 6.08 Å². The summed E-state index contributed by atoms with van der Waals surface area (Å²) in [7, 11) is 0. The van der Waals surface area contributed by atoms with Crippen molar-refractivity contribution in [1.29, 1.82) is 5.26 Å². The molecule has 1 nitrogen and oxygen atoms in total. The van der Waals surface area contributed by atoms with E-state index in [1.807, 2.05) is 0 Å². The van der Waals surface area contributed by atoms with Crippen molar-refractivity contribution < 1.29 is 0 Å². The Morgan fingerprint density at radius 1 is 1.21 bits per heavy atom. The second-order valence-corrected chi connectivity index (χ2v) is 7.86. The number of allylic oxidation sites excluding steroid dienone is 1. The lowest BCUT2D eigenvalue weighted by Gasteiger charge is -2.56. The summed E-state index contributed by atoms with van der Waals surface area (Å²) in [5.74, 6) is 2.73. The van der Waals surface area contributed by atoms with Gasteiger partial charge in [0.2, 0.25) is 0 Å². The van der Waals surface area contributed by atoms with Gasteiger partial charge < -0.3 is 0 Å². The molecule has 1 aromatic heterocycles. The first-order valence-electron chi connectivity index (χ1n) is 7.43. The van der Waals surface area contributed by atoms with Crippen LogP contribution in [0.1, 0.15) is 43.4 Å². The predicted octanol–water partition coefficient (Wildman–Crippen LogP) is 4.87. The highest BCUT2D eigenvalue weighted by molar-refractivity contribution is 7.10. The molecule has 1 aromatic rings. The zero-order chi connectivity index (χ0) is 12.9. The molecular weight excluding hydrogens is 250 g/mol. The van der Waals surface area contributed by atoms with Crippen molar-refractivity contribution in [2.45, 2.75) is 38.5 Å². The third-order valence-corrected chi connectivity index (χ3v) is 6.38. The monoisotopic (exact) mass is 269 g/mol. The van der Waals surface area contributed by atoms with Gasteiger partial charge in [-0.3, -0.25) is 0 Å². The van der Waals surface area contributed by atoms with E-state index in [0.29, 0.717) is 0 Å². The first kappa shape index (κ1) is 11.7. The fourth-order valence-corrected chi connectivity index (χ4v) is 5.92. The molecule has 2 heteroatoms. The molecule has 98 valence electrons. The Labute approximate surface area is 119 Å². The van der Waals surface area contributed by atoms with Crippen LogP contribution in [0.15, 0.2) is 23.1 Å². The molecule has 0 aromatic carbocycles. The normalized spacial score (nSPS) is 40.4. The van der Waals surface area contributed by atoms with Gasteiger partial charge in [-0.1, -0.05) is 6.07 Å². The van der Waals surface area contributed by atoms with Crippen LogP contribution in [0.4, 0.5) is 0 Å². The highest BCUT2D eigenvalue weighted by Gasteiger charge is 2.52. The quantitative estimate of drug-likeness (QED) is 0.702. The van der Waals surface area contributed by atoms with Crippen LogP contribution < -0.4 is 0 Å². The SMILES string of the molecule is N#C/C(=C\c1cccs1)C12CC3CC(CC(C3)C1)C2. The number of nitrogens with zero attached hydrogens (tertiary/aromatic N) is 1. The highest BCUT2D eigenvalue weighted by Crippen LogP contribution is 2.62. The molecule has 0 aliphatic heterocycles. The molecule has 4 fully saturated rings. The summed E-state index contributed by atoms with van der Waals surface area (Å²) < 4.78 is 0. The van der Waals surface area contributed by atoms with Gasteiger partial charge >= 0.3 is 0 Å². The van der Waals surface area contributed by atoms with Gasteiger partial charge in [-0.05, 0) is 73.8 Å². The third-order valence-electron chi connectivity index (χ3n) is 5.56. The molecule has 5 rings (SSSR count). The van der Waals surface area contributed by atoms with Crippen molar-refractivity contribution in [3.63, 3.8) is 0 Å². The number of nitriles is 1. The molecule has 0 unspecified atom stereocenters. The van der Waals surface area contributed by atoms with Crippen molar-refractivity contribution in [2.24, 2.45) is 23.2 Å². The lowest BCUT2D eigenvalue weighted by molar-refractivity contribution is -0.0275. The van der Waals surface area contributed by atoms with Gasteiger partial charge in [0.1, 0.15) is 0 Å². The van der Waals surface area contributed by atoms with E-state index in [0.717, 1.165) is 23.3 Å². The molecule has 4 bridgehead atoms. The minimum absolute atomic E-state index is 0.244. The van der Waals surface area contributed by atoms with Crippen molar-refractivity contribution in [3.05, 3.63) is 28.0 Å². The van der Waals surface area contributed by atoms with Gasteiger partial charge in [0.25, 0.3) is 0 Å². The maximum atomic E-state index is 9.67. The topological polar surface area (TPSA) is 23.8 Å². The summed E-state index contributed by atoms with van der Waals surface area (Å²) in [4.78, 5) is 1.24. The van der Waals surface area contributed by atoms with Crippen LogP contribution >= 0.6 is 11.3 Å². The first-order valence-corrected chi connectivity index (χ1v) is 8.31. The number of hydrogen-bond donors (Lipinski definition) is 0. The van der Waals surface area contributed by atoms with Crippen molar-refractivity contribution in [3.8, 4) is 6.07 Å². The molecule has 4 aliphatic carbocycles. The zero-order valence-electron chi connectivity index (χ0n) is 11.1. The molecule has 0 atom stereocenters. The molecule has 4 saturated carbocycles. The molecule has 19 heavy (non-hydrogen) atoms. The molecule has 0 amide bonds. The van der Waals surface area contributed by atoms with Gasteiger partial charge in [0.05, 0.1) is 6.07 Å². The van der Waals surface area contributed by atoms with Crippen LogP contribution in [-0.2, 0) is 0 Å². The first-order chi connectivity index (χ1) is 9.27. The fourth-order valence-electron chi connectivity index (χ4n) is 5.26. The smallest absolute Gasteiger partial charge is 0.0953 e. The molecule has 0 spiro atoms. The van der Waals surface area contributed by atoms with Gasteiger partial charge in [0.15, 0.2) is 0 Å². The molecule has 1 heterocycles. The van der Waals surface area contributed by atoms with E-state index >= 15 is 0 Å². The minimum Gasteiger partial charge on any atom is -0.193 e. The number of thiophene rings is 1. The molecular formula is C17H19NS. The van der Waals surface area contributed by atoms with E-state index in [1.54, 1.807) is 11.3 Å². The third kappa shape index (κ3) is 1.87. The van der Waals surface area contributed by atoms with E-state index in [1.165, 1.54) is 43.4 Å². The van der Waals surface area contributed by atoms with Crippen molar-refractivity contribution >= 4 is 17.4 Å². The molecule has 0 radical (unpaired) electrons. The Bertz CT molecular complexity index is 511. The second-order valence-electron chi connectivity index (χ2n) is 6.88. The van der Waals surface area contributed by atoms with E-state index < -0.39 is 0 Å². The maximum absolute atomic E-state index is 9.67. The maximum Gasteiger partial charge on any atom is 0.0953 e. The van der Waals surface area contributed by atoms with E-state index in [2.05, 4.69) is 29.7 Å². The number of rotatable bonds is 2. The summed E-state index contributed by atoms with van der Waals surface area (Å²) in [6.45, 7) is 0. The Hall–Kier alpha value is -1.07. The molecule has 0 N–H and O–H groups in total. The van der Waals surface area contributed by atoms with Gasteiger partial charge in [-0.25, -0.2) is 0 Å². The summed E-state index contributed by atoms with van der Waals surface area (Å²) in [5, 5.41) is 11.8. The summed E-state index contributed by atoms with van der Waals surface area (Å²) in [5.41, 5.74) is 1.32. The fraction of sp³-hybridized carbons (Fsp3) is 0.588. The second kappa shape index (κ2) is 4.21. The van der Waals surface area contributed by atoms with E-state index in [-0.39, 0.29) is 5.41 Å². The highest BCUT2D eigenvalue weighted by atomic mass is 32.1. The lowest BCUT2D eigenvalue weighted by atomic mass is 9.48. The summed E-state index contributed by atoms with van der Waals surface area (Å²) in [6.07, 6.45) is 10.3. The van der Waals surface area contributed by atoms with Gasteiger partial charge in [0, 0.05) is 15.9 Å². The Balaban J connectivity index is 1.72. The van der Waals surface area contributed by atoms with Crippen molar-refractivity contribution in [1.82, 2.24) is 0 Å². The zero-order valence-corrected chi connectivity index (χ0v) is 12.0. The standard InChI is InChI=1S/C17H19NS/c18-11-15(7-16-2-1-3-19-16)17-8-12-4-13(9-17)6-14(5-12)10-17/h1-3,7,12-14H,4-6,8-10H2/b15-7+. The average Bonchev–Trinajstić information content (AvgIpc) is 2.87. The van der Waals surface area contributed by atoms with Crippen LogP contribution in [-0.4, -0.2) is 0 Å². The van der Waals surface area contributed by atoms with Crippen LogP contribution in [0.2, 0.25) is 0 Å². The van der Waals surface area contributed by atoms with Crippen LogP contribution in [0, 0.1) is 34.5 Å².